The summed E-state index contributed by atoms with van der Waals surface area (Å²) in [5.74, 6) is 0.269. The zero-order valence-corrected chi connectivity index (χ0v) is 24.6. The predicted octanol–water partition coefficient (Wildman–Crippen LogP) is 8.85. The Morgan fingerprint density at radius 3 is 2.47 bits per heavy atom. The number of amides is 1. The SMILES string of the molecule is CCOc1cc(/C=C(\C#N)C(=O)Nc2c(Br)cc(C)cc2Br)cc(Cl)c1OCc1cccc2ccccc12. The van der Waals surface area contributed by atoms with Crippen molar-refractivity contribution in [1.82, 2.24) is 0 Å². The summed E-state index contributed by atoms with van der Waals surface area (Å²) in [6.45, 7) is 4.48. The van der Waals surface area contributed by atoms with Gasteiger partial charge in [-0.25, -0.2) is 0 Å². The molecule has 4 rings (SSSR count). The molecule has 0 bridgehead atoms. The number of nitriles is 1. The molecule has 4 aromatic rings. The fourth-order valence-corrected chi connectivity index (χ4v) is 5.85. The molecule has 1 N–H and O–H groups in total. The molecule has 0 saturated heterocycles. The number of aryl methyl sites for hydroxylation is 1. The van der Waals surface area contributed by atoms with Gasteiger partial charge < -0.3 is 14.8 Å². The summed E-state index contributed by atoms with van der Waals surface area (Å²) in [5, 5.41) is 15.0. The number of halogens is 3. The molecule has 0 aliphatic rings. The van der Waals surface area contributed by atoms with E-state index in [2.05, 4.69) is 55.4 Å². The highest BCUT2D eigenvalue weighted by molar-refractivity contribution is 9.11. The van der Waals surface area contributed by atoms with Gasteiger partial charge in [-0.2, -0.15) is 5.26 Å². The lowest BCUT2D eigenvalue weighted by molar-refractivity contribution is -0.112. The van der Waals surface area contributed by atoms with Crippen molar-refractivity contribution >= 4 is 71.9 Å². The second-order valence-corrected chi connectivity index (χ2v) is 10.5. The largest absolute Gasteiger partial charge is 0.490 e. The van der Waals surface area contributed by atoms with E-state index in [1.807, 2.05) is 56.3 Å². The zero-order valence-electron chi connectivity index (χ0n) is 20.6. The van der Waals surface area contributed by atoms with Crippen LogP contribution in [0.25, 0.3) is 16.8 Å². The molecular formula is C30H23Br2ClN2O3. The van der Waals surface area contributed by atoms with E-state index in [-0.39, 0.29) is 5.57 Å². The van der Waals surface area contributed by atoms with Crippen molar-refractivity contribution in [2.45, 2.75) is 20.5 Å². The first-order valence-corrected chi connectivity index (χ1v) is 13.7. The maximum absolute atomic E-state index is 12.9. The summed E-state index contributed by atoms with van der Waals surface area (Å²) in [6, 6.07) is 23.2. The van der Waals surface area contributed by atoms with Crippen molar-refractivity contribution in [3.8, 4) is 17.6 Å². The lowest BCUT2D eigenvalue weighted by Gasteiger charge is -2.15. The molecule has 0 spiro atoms. The molecule has 0 heterocycles. The Hall–Kier alpha value is -3.31. The molecule has 0 fully saturated rings. The summed E-state index contributed by atoms with van der Waals surface area (Å²) in [5.41, 5.74) is 3.00. The van der Waals surface area contributed by atoms with Crippen molar-refractivity contribution in [1.29, 1.82) is 5.26 Å². The van der Waals surface area contributed by atoms with Crippen molar-refractivity contribution in [3.63, 3.8) is 0 Å². The monoisotopic (exact) mass is 652 g/mol. The minimum Gasteiger partial charge on any atom is -0.490 e. The van der Waals surface area contributed by atoms with Crippen LogP contribution < -0.4 is 14.8 Å². The standard InChI is InChI=1S/C30H23Br2ClN2O3/c1-3-37-27-15-19(13-22(16-34)30(36)35-28-24(31)11-18(2)12-25(28)32)14-26(33)29(27)38-17-21-9-6-8-20-7-4-5-10-23(20)21/h4-15H,3,17H2,1-2H3,(H,35,36)/b22-13+. The van der Waals surface area contributed by atoms with Crippen molar-refractivity contribution < 1.29 is 14.3 Å². The van der Waals surface area contributed by atoms with E-state index in [1.54, 1.807) is 12.1 Å². The van der Waals surface area contributed by atoms with Gasteiger partial charge in [0.25, 0.3) is 5.91 Å². The highest BCUT2D eigenvalue weighted by atomic mass is 79.9. The van der Waals surface area contributed by atoms with Crippen LogP contribution in [-0.4, -0.2) is 12.5 Å². The van der Waals surface area contributed by atoms with Crippen molar-refractivity contribution in [3.05, 3.63) is 103 Å². The number of hydrogen-bond acceptors (Lipinski definition) is 4. The Labute approximate surface area is 243 Å². The molecular weight excluding hydrogens is 632 g/mol. The number of carbonyl (C=O) groups excluding carboxylic acids is 1. The maximum atomic E-state index is 12.9. The fraction of sp³-hybridized carbons (Fsp3) is 0.133. The highest BCUT2D eigenvalue weighted by Gasteiger charge is 2.17. The number of anilines is 1. The summed E-state index contributed by atoms with van der Waals surface area (Å²) < 4.78 is 13.3. The summed E-state index contributed by atoms with van der Waals surface area (Å²) >= 11 is 13.5. The van der Waals surface area contributed by atoms with Crippen molar-refractivity contribution in [2.24, 2.45) is 0 Å². The van der Waals surface area contributed by atoms with E-state index in [0.29, 0.717) is 49.9 Å². The van der Waals surface area contributed by atoms with E-state index in [9.17, 15) is 10.1 Å². The number of nitrogens with one attached hydrogen (secondary N) is 1. The molecule has 0 radical (unpaired) electrons. The average molecular weight is 655 g/mol. The van der Waals surface area contributed by atoms with Gasteiger partial charge in [-0.3, -0.25) is 4.79 Å². The minimum absolute atomic E-state index is 0.0905. The first-order valence-electron chi connectivity index (χ1n) is 11.7. The van der Waals surface area contributed by atoms with Gasteiger partial charge in [-0.05, 0) is 104 Å². The third-order valence-corrected chi connectivity index (χ3v) is 7.22. The first kappa shape index (κ1) is 27.7. The first-order chi connectivity index (χ1) is 18.3. The van der Waals surface area contributed by atoms with E-state index >= 15 is 0 Å². The predicted molar refractivity (Wildman–Crippen MR) is 160 cm³/mol. The number of carbonyl (C=O) groups is 1. The third-order valence-electron chi connectivity index (χ3n) is 5.68. The number of fused-ring (bicyclic) bond motifs is 1. The Bertz CT molecular complexity index is 1570. The Balaban J connectivity index is 1.61. The molecule has 38 heavy (non-hydrogen) atoms. The number of hydrogen-bond donors (Lipinski definition) is 1. The molecule has 0 atom stereocenters. The molecule has 0 aliphatic heterocycles. The van der Waals surface area contributed by atoms with Crippen LogP contribution in [-0.2, 0) is 11.4 Å². The average Bonchev–Trinajstić information content (AvgIpc) is 2.89. The fourth-order valence-electron chi connectivity index (χ4n) is 3.96. The zero-order chi connectivity index (χ0) is 27.2. The van der Waals surface area contributed by atoms with Crippen LogP contribution in [0, 0.1) is 18.3 Å². The highest BCUT2D eigenvalue weighted by Crippen LogP contribution is 2.38. The number of rotatable bonds is 8. The van der Waals surface area contributed by atoms with Crippen LogP contribution in [0.1, 0.15) is 23.6 Å². The second kappa shape index (κ2) is 12.5. The summed E-state index contributed by atoms with van der Waals surface area (Å²) in [7, 11) is 0. The molecule has 8 heteroatoms. The van der Waals surface area contributed by atoms with Gasteiger partial charge in [0.1, 0.15) is 18.2 Å². The normalized spacial score (nSPS) is 11.2. The molecule has 0 aromatic heterocycles. The van der Waals surface area contributed by atoms with Gasteiger partial charge in [0.2, 0.25) is 0 Å². The van der Waals surface area contributed by atoms with Gasteiger partial charge in [0.05, 0.1) is 17.3 Å². The number of ether oxygens (including phenoxy) is 2. The Morgan fingerprint density at radius 2 is 1.76 bits per heavy atom. The summed E-state index contributed by atoms with van der Waals surface area (Å²) in [4.78, 5) is 12.9. The van der Waals surface area contributed by atoms with Gasteiger partial charge in [0.15, 0.2) is 11.5 Å². The van der Waals surface area contributed by atoms with E-state index < -0.39 is 5.91 Å². The van der Waals surface area contributed by atoms with Crippen molar-refractivity contribution in [2.75, 3.05) is 11.9 Å². The van der Waals surface area contributed by atoms with Crippen LogP contribution in [0.2, 0.25) is 5.02 Å². The van der Waals surface area contributed by atoms with Gasteiger partial charge in [-0.15, -0.1) is 0 Å². The van der Waals surface area contributed by atoms with E-state index in [0.717, 1.165) is 21.9 Å². The lowest BCUT2D eigenvalue weighted by Crippen LogP contribution is -2.14. The Morgan fingerprint density at radius 1 is 1.05 bits per heavy atom. The van der Waals surface area contributed by atoms with Gasteiger partial charge in [-0.1, -0.05) is 54.1 Å². The van der Waals surface area contributed by atoms with Crippen LogP contribution in [0.15, 0.2) is 81.2 Å². The molecule has 192 valence electrons. The van der Waals surface area contributed by atoms with E-state index in [4.69, 9.17) is 21.1 Å². The second-order valence-electron chi connectivity index (χ2n) is 8.42. The van der Waals surface area contributed by atoms with Crippen LogP contribution in [0.5, 0.6) is 11.5 Å². The third kappa shape index (κ3) is 6.39. The number of nitrogens with zero attached hydrogens (tertiary/aromatic N) is 1. The molecule has 0 saturated carbocycles. The van der Waals surface area contributed by atoms with Crippen LogP contribution in [0.4, 0.5) is 5.69 Å². The lowest BCUT2D eigenvalue weighted by atomic mass is 10.1. The topological polar surface area (TPSA) is 71.3 Å². The molecule has 4 aromatic carbocycles. The smallest absolute Gasteiger partial charge is 0.266 e. The van der Waals surface area contributed by atoms with E-state index in [1.165, 1.54) is 6.08 Å². The summed E-state index contributed by atoms with van der Waals surface area (Å²) in [6.07, 6.45) is 1.47. The minimum atomic E-state index is -0.553. The Kier molecular flexibility index (Phi) is 9.11. The molecule has 1 amide bonds. The van der Waals surface area contributed by atoms with Crippen LogP contribution >= 0.6 is 43.5 Å². The van der Waals surface area contributed by atoms with Gasteiger partial charge >= 0.3 is 0 Å². The number of benzene rings is 4. The molecule has 0 aliphatic carbocycles. The quantitative estimate of drug-likeness (QED) is 0.152. The molecule has 0 unspecified atom stereocenters. The maximum Gasteiger partial charge on any atom is 0.266 e. The van der Waals surface area contributed by atoms with Gasteiger partial charge in [0, 0.05) is 8.95 Å². The molecule has 5 nitrogen and oxygen atoms in total. The van der Waals surface area contributed by atoms with Crippen LogP contribution in [0.3, 0.4) is 0 Å².